The summed E-state index contributed by atoms with van der Waals surface area (Å²) in [5.74, 6) is 1.60. The van der Waals surface area contributed by atoms with Gasteiger partial charge in [-0.25, -0.2) is 0 Å². The number of hydrogen-bond donors (Lipinski definition) is 1. The molecule has 0 aliphatic rings. The second-order valence-corrected chi connectivity index (χ2v) is 4.29. The van der Waals surface area contributed by atoms with Gasteiger partial charge in [-0.15, -0.1) is 0 Å². The molecule has 0 amide bonds. The second-order valence-electron chi connectivity index (χ2n) is 4.29. The van der Waals surface area contributed by atoms with Crippen molar-refractivity contribution < 1.29 is 4.74 Å². The minimum absolute atomic E-state index is 0.431. The van der Waals surface area contributed by atoms with E-state index in [-0.39, 0.29) is 0 Å². The Labute approximate surface area is 99.0 Å². The minimum atomic E-state index is 0.431. The molecule has 0 heterocycles. The highest BCUT2D eigenvalue weighted by Crippen LogP contribution is 2.13. The van der Waals surface area contributed by atoms with Crippen molar-refractivity contribution in [2.75, 3.05) is 13.7 Å². The maximum atomic E-state index is 5.76. The molecule has 1 N–H and O–H groups in total. The molecule has 0 saturated carbocycles. The standard InChI is InChI=1S/C14H23NO/c1-4-8-12(2)14(15-3)11-16-13-9-6-5-7-10-13/h5-7,9-10,12,14-15H,4,8,11H2,1-3H3. The van der Waals surface area contributed by atoms with Gasteiger partial charge in [0.05, 0.1) is 0 Å². The topological polar surface area (TPSA) is 21.3 Å². The molecule has 0 bridgehead atoms. The third-order valence-electron chi connectivity index (χ3n) is 2.97. The van der Waals surface area contributed by atoms with Gasteiger partial charge in [0, 0.05) is 6.04 Å². The van der Waals surface area contributed by atoms with Gasteiger partial charge in [0.25, 0.3) is 0 Å². The van der Waals surface area contributed by atoms with Gasteiger partial charge in [0.1, 0.15) is 12.4 Å². The molecule has 90 valence electrons. The normalized spacial score (nSPS) is 14.4. The summed E-state index contributed by atoms with van der Waals surface area (Å²) in [6.45, 7) is 5.24. The molecule has 1 rings (SSSR count). The average Bonchev–Trinajstić information content (AvgIpc) is 2.31. The molecule has 0 radical (unpaired) electrons. The highest BCUT2D eigenvalue weighted by atomic mass is 16.5. The molecule has 0 aliphatic carbocycles. The summed E-state index contributed by atoms with van der Waals surface area (Å²) in [6, 6.07) is 10.4. The average molecular weight is 221 g/mol. The molecule has 2 heteroatoms. The first-order valence-electron chi connectivity index (χ1n) is 6.13. The number of nitrogens with one attached hydrogen (secondary N) is 1. The Kier molecular flexibility index (Phi) is 5.94. The predicted octanol–water partition coefficient (Wildman–Crippen LogP) is 3.09. The van der Waals surface area contributed by atoms with E-state index in [2.05, 4.69) is 19.2 Å². The van der Waals surface area contributed by atoms with E-state index in [1.54, 1.807) is 0 Å². The lowest BCUT2D eigenvalue weighted by Crippen LogP contribution is -2.37. The lowest BCUT2D eigenvalue weighted by Gasteiger charge is -2.23. The van der Waals surface area contributed by atoms with Crippen molar-refractivity contribution in [3.8, 4) is 5.75 Å². The van der Waals surface area contributed by atoms with Crippen LogP contribution in [0.15, 0.2) is 30.3 Å². The number of para-hydroxylation sites is 1. The summed E-state index contributed by atoms with van der Waals surface area (Å²) < 4.78 is 5.76. The van der Waals surface area contributed by atoms with Crippen molar-refractivity contribution in [2.24, 2.45) is 5.92 Å². The van der Waals surface area contributed by atoms with Crippen molar-refractivity contribution >= 4 is 0 Å². The maximum absolute atomic E-state index is 5.76. The van der Waals surface area contributed by atoms with Crippen LogP contribution in [-0.2, 0) is 0 Å². The minimum Gasteiger partial charge on any atom is -0.492 e. The first-order chi connectivity index (χ1) is 7.77. The van der Waals surface area contributed by atoms with Gasteiger partial charge in [-0.1, -0.05) is 38.5 Å². The van der Waals surface area contributed by atoms with Crippen molar-refractivity contribution in [3.63, 3.8) is 0 Å². The Bertz CT molecular complexity index is 273. The van der Waals surface area contributed by atoms with Crippen LogP contribution in [0.25, 0.3) is 0 Å². The lowest BCUT2D eigenvalue weighted by atomic mass is 9.98. The number of hydrogen-bond acceptors (Lipinski definition) is 2. The van der Waals surface area contributed by atoms with E-state index in [0.29, 0.717) is 12.0 Å². The molecule has 2 atom stereocenters. The molecule has 16 heavy (non-hydrogen) atoms. The van der Waals surface area contributed by atoms with Crippen LogP contribution >= 0.6 is 0 Å². The molecule has 2 nitrogen and oxygen atoms in total. The van der Waals surface area contributed by atoms with Crippen LogP contribution in [0.4, 0.5) is 0 Å². The van der Waals surface area contributed by atoms with Gasteiger partial charge in [-0.2, -0.15) is 0 Å². The van der Waals surface area contributed by atoms with E-state index >= 15 is 0 Å². The highest BCUT2D eigenvalue weighted by molar-refractivity contribution is 5.20. The van der Waals surface area contributed by atoms with E-state index in [1.807, 2.05) is 37.4 Å². The smallest absolute Gasteiger partial charge is 0.119 e. The third-order valence-corrected chi connectivity index (χ3v) is 2.97. The number of benzene rings is 1. The summed E-state index contributed by atoms with van der Waals surface area (Å²) in [4.78, 5) is 0. The number of rotatable bonds is 7. The zero-order valence-corrected chi connectivity index (χ0v) is 10.6. The van der Waals surface area contributed by atoms with E-state index in [4.69, 9.17) is 4.74 Å². The molecule has 0 fully saturated rings. The SMILES string of the molecule is CCCC(C)C(COc1ccccc1)NC. The van der Waals surface area contributed by atoms with Gasteiger partial charge in [0.15, 0.2) is 0 Å². The Morgan fingerprint density at radius 2 is 1.94 bits per heavy atom. The van der Waals surface area contributed by atoms with Gasteiger partial charge in [-0.05, 0) is 31.5 Å². The number of ether oxygens (including phenoxy) is 1. The van der Waals surface area contributed by atoms with Crippen LogP contribution in [0.3, 0.4) is 0 Å². The Morgan fingerprint density at radius 3 is 2.50 bits per heavy atom. The van der Waals surface area contributed by atoms with E-state index in [1.165, 1.54) is 12.8 Å². The van der Waals surface area contributed by atoms with Crippen LogP contribution < -0.4 is 10.1 Å². The third kappa shape index (κ3) is 4.23. The van der Waals surface area contributed by atoms with Crippen LogP contribution in [-0.4, -0.2) is 19.7 Å². The molecule has 1 aromatic carbocycles. The Hall–Kier alpha value is -1.02. The molecule has 0 aliphatic heterocycles. The molecular weight excluding hydrogens is 198 g/mol. The maximum Gasteiger partial charge on any atom is 0.119 e. The van der Waals surface area contributed by atoms with Crippen molar-refractivity contribution in [1.82, 2.24) is 5.32 Å². The van der Waals surface area contributed by atoms with Crippen LogP contribution in [0.2, 0.25) is 0 Å². The van der Waals surface area contributed by atoms with Crippen molar-refractivity contribution in [3.05, 3.63) is 30.3 Å². The zero-order valence-electron chi connectivity index (χ0n) is 10.6. The molecule has 2 unspecified atom stereocenters. The molecule has 0 spiro atoms. The van der Waals surface area contributed by atoms with E-state index < -0.39 is 0 Å². The summed E-state index contributed by atoms with van der Waals surface area (Å²) in [7, 11) is 2.01. The second kappa shape index (κ2) is 7.29. The van der Waals surface area contributed by atoms with Crippen molar-refractivity contribution in [2.45, 2.75) is 32.7 Å². The quantitative estimate of drug-likeness (QED) is 0.764. The first-order valence-corrected chi connectivity index (χ1v) is 6.13. The first kappa shape index (κ1) is 13.0. The largest absolute Gasteiger partial charge is 0.492 e. The van der Waals surface area contributed by atoms with E-state index in [0.717, 1.165) is 12.4 Å². The summed E-state index contributed by atoms with van der Waals surface area (Å²) in [5, 5.41) is 3.33. The summed E-state index contributed by atoms with van der Waals surface area (Å²) >= 11 is 0. The summed E-state index contributed by atoms with van der Waals surface area (Å²) in [6.07, 6.45) is 2.47. The van der Waals surface area contributed by atoms with Gasteiger partial charge < -0.3 is 10.1 Å². The zero-order chi connectivity index (χ0) is 11.8. The van der Waals surface area contributed by atoms with E-state index in [9.17, 15) is 0 Å². The fourth-order valence-electron chi connectivity index (χ4n) is 1.89. The summed E-state index contributed by atoms with van der Waals surface area (Å²) in [5.41, 5.74) is 0. The molecular formula is C14H23NO. The Balaban J connectivity index is 2.39. The highest BCUT2D eigenvalue weighted by Gasteiger charge is 2.14. The molecule has 0 saturated heterocycles. The fourth-order valence-corrected chi connectivity index (χ4v) is 1.89. The lowest BCUT2D eigenvalue weighted by molar-refractivity contribution is 0.224. The molecule has 1 aromatic rings. The number of likely N-dealkylation sites (N-methyl/N-ethyl adjacent to an activating group) is 1. The van der Waals surface area contributed by atoms with Gasteiger partial charge in [0.2, 0.25) is 0 Å². The Morgan fingerprint density at radius 1 is 1.25 bits per heavy atom. The van der Waals surface area contributed by atoms with Crippen LogP contribution in [0.1, 0.15) is 26.7 Å². The predicted molar refractivity (Wildman–Crippen MR) is 68.9 cm³/mol. The fraction of sp³-hybridized carbons (Fsp3) is 0.571. The molecule has 0 aromatic heterocycles. The van der Waals surface area contributed by atoms with Crippen LogP contribution in [0, 0.1) is 5.92 Å². The monoisotopic (exact) mass is 221 g/mol. The van der Waals surface area contributed by atoms with Crippen molar-refractivity contribution in [1.29, 1.82) is 0 Å². The van der Waals surface area contributed by atoms with Gasteiger partial charge in [-0.3, -0.25) is 0 Å². The van der Waals surface area contributed by atoms with Gasteiger partial charge >= 0.3 is 0 Å². The van der Waals surface area contributed by atoms with Crippen LogP contribution in [0.5, 0.6) is 5.75 Å².